The van der Waals surface area contributed by atoms with Crippen LogP contribution >= 0.6 is 0 Å². The number of benzene rings is 1. The highest BCUT2D eigenvalue weighted by Crippen LogP contribution is 2.25. The molecule has 1 heterocycles. The van der Waals surface area contributed by atoms with Crippen molar-refractivity contribution in [3.8, 4) is 0 Å². The molecule has 3 nitrogen and oxygen atoms in total. The lowest BCUT2D eigenvalue weighted by Crippen LogP contribution is -2.18. The van der Waals surface area contributed by atoms with Crippen LogP contribution in [0.2, 0.25) is 0 Å². The van der Waals surface area contributed by atoms with Gasteiger partial charge in [-0.15, -0.1) is 0 Å². The van der Waals surface area contributed by atoms with Crippen molar-refractivity contribution in [3.05, 3.63) is 35.3 Å². The number of aryl methyl sites for hydroxylation is 1. The summed E-state index contributed by atoms with van der Waals surface area (Å²) >= 11 is 0. The molecule has 0 radical (unpaired) electrons. The Morgan fingerprint density at radius 2 is 2.24 bits per heavy atom. The Morgan fingerprint density at radius 1 is 1.41 bits per heavy atom. The fourth-order valence-corrected chi connectivity index (χ4v) is 1.85. The molecule has 1 N–H and O–H groups in total. The smallest absolute Gasteiger partial charge is 0.137 e. The number of hydrogen-bond acceptors (Lipinski definition) is 3. The van der Waals surface area contributed by atoms with Crippen molar-refractivity contribution in [3.63, 3.8) is 0 Å². The van der Waals surface area contributed by atoms with Crippen molar-refractivity contribution in [1.29, 1.82) is 0 Å². The number of rotatable bonds is 5. The first-order valence-electron chi connectivity index (χ1n) is 5.58. The number of nitrogens with one attached hydrogen (secondary N) is 1. The van der Waals surface area contributed by atoms with E-state index >= 15 is 0 Å². The van der Waals surface area contributed by atoms with Gasteiger partial charge in [0.15, 0.2) is 0 Å². The van der Waals surface area contributed by atoms with Crippen LogP contribution in [-0.4, -0.2) is 20.3 Å². The Hall–Kier alpha value is -1.39. The molecule has 0 fully saturated rings. The van der Waals surface area contributed by atoms with E-state index < -0.39 is 0 Å². The zero-order valence-electron chi connectivity index (χ0n) is 10.0. The summed E-state index contributed by atoms with van der Waals surface area (Å²) in [6, 6.07) is 2.99. The average molecular weight is 237 g/mol. The fourth-order valence-electron chi connectivity index (χ4n) is 1.85. The van der Waals surface area contributed by atoms with Crippen molar-refractivity contribution in [2.45, 2.75) is 13.5 Å². The average Bonchev–Trinajstić information content (AvgIpc) is 2.68. The van der Waals surface area contributed by atoms with Crippen LogP contribution in [0.1, 0.15) is 11.1 Å². The van der Waals surface area contributed by atoms with Crippen molar-refractivity contribution < 1.29 is 13.5 Å². The zero-order chi connectivity index (χ0) is 12.3. The van der Waals surface area contributed by atoms with E-state index in [1.54, 1.807) is 13.4 Å². The first kappa shape index (κ1) is 12.1. The number of hydrogen-bond donors (Lipinski definition) is 1. The van der Waals surface area contributed by atoms with Crippen molar-refractivity contribution >= 4 is 11.0 Å². The molecule has 0 aliphatic carbocycles. The Bertz CT molecular complexity index is 507. The number of methoxy groups -OCH3 is 1. The van der Waals surface area contributed by atoms with Gasteiger partial charge in [0.2, 0.25) is 0 Å². The molecule has 1 aromatic carbocycles. The van der Waals surface area contributed by atoms with Gasteiger partial charge in [0, 0.05) is 31.1 Å². The van der Waals surface area contributed by atoms with Gasteiger partial charge in [0.05, 0.1) is 12.9 Å². The monoisotopic (exact) mass is 237 g/mol. The van der Waals surface area contributed by atoms with Gasteiger partial charge in [-0.05, 0) is 24.6 Å². The third-order valence-corrected chi connectivity index (χ3v) is 2.70. The Labute approximate surface area is 99.6 Å². The highest BCUT2D eigenvalue weighted by molar-refractivity contribution is 5.83. The molecule has 92 valence electrons. The summed E-state index contributed by atoms with van der Waals surface area (Å²) in [6.07, 6.45) is 1.68. The maximum atomic E-state index is 13.3. The molecule has 1 aromatic heterocycles. The summed E-state index contributed by atoms with van der Waals surface area (Å²) in [6.45, 7) is 3.91. The number of ether oxygens (including phenoxy) is 1. The molecule has 2 rings (SSSR count). The molecule has 0 atom stereocenters. The first-order chi connectivity index (χ1) is 8.22. The molecule has 0 bridgehead atoms. The van der Waals surface area contributed by atoms with Gasteiger partial charge in [-0.3, -0.25) is 0 Å². The van der Waals surface area contributed by atoms with E-state index in [9.17, 15) is 4.39 Å². The van der Waals surface area contributed by atoms with E-state index in [-0.39, 0.29) is 5.82 Å². The second-order valence-corrected chi connectivity index (χ2v) is 4.03. The molecule has 0 spiro atoms. The molecule has 0 saturated carbocycles. The summed E-state index contributed by atoms with van der Waals surface area (Å²) in [5, 5.41) is 4.05. The fraction of sp³-hybridized carbons (Fsp3) is 0.385. The van der Waals surface area contributed by atoms with Crippen LogP contribution in [-0.2, 0) is 11.3 Å². The minimum Gasteiger partial charge on any atom is -0.464 e. The van der Waals surface area contributed by atoms with Crippen LogP contribution in [0.15, 0.2) is 22.8 Å². The molecule has 0 saturated heterocycles. The van der Waals surface area contributed by atoms with Crippen molar-refractivity contribution in [2.75, 3.05) is 20.3 Å². The molecular formula is C13H16FNO2. The SMILES string of the molecule is COCCNCc1coc2c(C)cc(F)cc12. The summed E-state index contributed by atoms with van der Waals surface area (Å²) in [4.78, 5) is 0. The van der Waals surface area contributed by atoms with Crippen LogP contribution in [0.3, 0.4) is 0 Å². The van der Waals surface area contributed by atoms with E-state index in [2.05, 4.69) is 5.32 Å². The Morgan fingerprint density at radius 3 is 3.00 bits per heavy atom. The maximum Gasteiger partial charge on any atom is 0.137 e. The highest BCUT2D eigenvalue weighted by atomic mass is 19.1. The lowest BCUT2D eigenvalue weighted by Gasteiger charge is -2.02. The van der Waals surface area contributed by atoms with Gasteiger partial charge in [-0.25, -0.2) is 4.39 Å². The number of halogens is 1. The van der Waals surface area contributed by atoms with Crippen LogP contribution in [0.25, 0.3) is 11.0 Å². The van der Waals surface area contributed by atoms with Crippen molar-refractivity contribution in [1.82, 2.24) is 5.32 Å². The van der Waals surface area contributed by atoms with Gasteiger partial charge in [-0.1, -0.05) is 0 Å². The Balaban J connectivity index is 2.18. The lowest BCUT2D eigenvalue weighted by atomic mass is 10.1. The summed E-state index contributed by atoms with van der Waals surface area (Å²) in [5.74, 6) is -0.227. The molecule has 0 aliphatic rings. The van der Waals surface area contributed by atoms with Crippen LogP contribution in [0.5, 0.6) is 0 Å². The second-order valence-electron chi connectivity index (χ2n) is 4.03. The van der Waals surface area contributed by atoms with Gasteiger partial charge in [0.25, 0.3) is 0 Å². The molecule has 0 aliphatic heterocycles. The normalized spacial score (nSPS) is 11.2. The number of furan rings is 1. The van der Waals surface area contributed by atoms with Crippen LogP contribution < -0.4 is 5.32 Å². The first-order valence-corrected chi connectivity index (χ1v) is 5.58. The predicted octanol–water partition coefficient (Wildman–Crippen LogP) is 2.62. The topological polar surface area (TPSA) is 34.4 Å². The van der Waals surface area contributed by atoms with Gasteiger partial charge in [0.1, 0.15) is 11.4 Å². The van der Waals surface area contributed by atoms with Gasteiger partial charge in [-0.2, -0.15) is 0 Å². The van der Waals surface area contributed by atoms with Crippen LogP contribution in [0, 0.1) is 12.7 Å². The molecule has 0 amide bonds. The number of fused-ring (bicyclic) bond motifs is 1. The molecular weight excluding hydrogens is 221 g/mol. The maximum absolute atomic E-state index is 13.3. The lowest BCUT2D eigenvalue weighted by molar-refractivity contribution is 0.199. The van der Waals surface area contributed by atoms with Gasteiger partial charge >= 0.3 is 0 Å². The van der Waals surface area contributed by atoms with Gasteiger partial charge < -0.3 is 14.5 Å². The zero-order valence-corrected chi connectivity index (χ0v) is 10.0. The predicted molar refractivity (Wildman–Crippen MR) is 64.5 cm³/mol. The summed E-state index contributed by atoms with van der Waals surface area (Å²) < 4.78 is 23.7. The largest absolute Gasteiger partial charge is 0.464 e. The minimum atomic E-state index is -0.227. The van der Waals surface area contributed by atoms with E-state index in [4.69, 9.17) is 9.15 Å². The molecule has 17 heavy (non-hydrogen) atoms. The van der Waals surface area contributed by atoms with E-state index in [1.807, 2.05) is 6.92 Å². The third kappa shape index (κ3) is 2.65. The highest BCUT2D eigenvalue weighted by Gasteiger charge is 2.09. The Kier molecular flexibility index (Phi) is 3.76. The summed E-state index contributed by atoms with van der Waals surface area (Å²) in [5.41, 5.74) is 2.55. The summed E-state index contributed by atoms with van der Waals surface area (Å²) in [7, 11) is 1.66. The van der Waals surface area contributed by atoms with E-state index in [1.165, 1.54) is 12.1 Å². The standard InChI is InChI=1S/C13H16FNO2/c1-9-5-11(14)6-12-10(8-17-13(9)12)7-15-3-4-16-2/h5-6,8,15H,3-4,7H2,1-2H3. The molecule has 0 unspecified atom stereocenters. The van der Waals surface area contributed by atoms with E-state index in [0.717, 1.165) is 28.6 Å². The quantitative estimate of drug-likeness (QED) is 0.812. The minimum absolute atomic E-state index is 0.227. The van der Waals surface area contributed by atoms with Crippen LogP contribution in [0.4, 0.5) is 4.39 Å². The molecule has 4 heteroatoms. The molecule has 2 aromatic rings. The third-order valence-electron chi connectivity index (χ3n) is 2.70. The van der Waals surface area contributed by atoms with E-state index in [0.29, 0.717) is 13.2 Å². The van der Waals surface area contributed by atoms with Crippen molar-refractivity contribution in [2.24, 2.45) is 0 Å². The second kappa shape index (κ2) is 5.29.